The number of carbonyl (C=O) groups is 3. The molecule has 0 unspecified atom stereocenters. The van der Waals surface area contributed by atoms with E-state index < -0.39 is 11.7 Å². The van der Waals surface area contributed by atoms with E-state index in [4.69, 9.17) is 4.74 Å². The zero-order valence-corrected chi connectivity index (χ0v) is 20.1. The highest BCUT2D eigenvalue weighted by molar-refractivity contribution is 6.44. The first-order valence-corrected chi connectivity index (χ1v) is 11.4. The van der Waals surface area contributed by atoms with Crippen LogP contribution in [0.4, 0.5) is 4.39 Å². The number of amides is 2. The maximum Gasteiger partial charge on any atom is 0.292 e. The Morgan fingerprint density at radius 3 is 2.54 bits per heavy atom. The van der Waals surface area contributed by atoms with Crippen molar-refractivity contribution in [2.45, 2.75) is 32.5 Å². The van der Waals surface area contributed by atoms with Gasteiger partial charge in [0, 0.05) is 51.0 Å². The van der Waals surface area contributed by atoms with Gasteiger partial charge in [-0.1, -0.05) is 12.1 Å². The van der Waals surface area contributed by atoms with Crippen LogP contribution in [0.1, 0.15) is 40.3 Å². The summed E-state index contributed by atoms with van der Waals surface area (Å²) >= 11 is 0. The fourth-order valence-corrected chi connectivity index (χ4v) is 4.41. The third-order valence-electron chi connectivity index (χ3n) is 6.39. The van der Waals surface area contributed by atoms with Crippen molar-refractivity contribution in [3.63, 3.8) is 0 Å². The van der Waals surface area contributed by atoms with Gasteiger partial charge >= 0.3 is 0 Å². The number of H-pyrrole nitrogens is 1. The number of piperazine rings is 1. The molecule has 1 aliphatic heterocycles. The highest BCUT2D eigenvalue weighted by Gasteiger charge is 2.34. The van der Waals surface area contributed by atoms with E-state index >= 15 is 0 Å². The van der Waals surface area contributed by atoms with Crippen LogP contribution in [0.5, 0.6) is 5.75 Å². The van der Waals surface area contributed by atoms with Gasteiger partial charge in [-0.25, -0.2) is 9.37 Å². The minimum absolute atomic E-state index is 0.0487. The van der Waals surface area contributed by atoms with Gasteiger partial charge in [-0.3, -0.25) is 19.3 Å². The predicted molar refractivity (Wildman–Crippen MR) is 128 cm³/mol. The summed E-state index contributed by atoms with van der Waals surface area (Å²) < 4.78 is 18.7. The Morgan fingerprint density at radius 2 is 1.89 bits per heavy atom. The molecule has 2 N–H and O–H groups in total. The van der Waals surface area contributed by atoms with Crippen molar-refractivity contribution >= 4 is 28.6 Å². The lowest BCUT2D eigenvalue weighted by molar-refractivity contribution is -0.116. The van der Waals surface area contributed by atoms with Gasteiger partial charge in [0.05, 0.1) is 18.2 Å². The number of halogens is 1. The zero-order valence-electron chi connectivity index (χ0n) is 20.1. The monoisotopic (exact) mass is 481 g/mol. The fraction of sp³-hybridized carbons (Fsp3) is 0.360. The quantitative estimate of drug-likeness (QED) is 0.414. The van der Waals surface area contributed by atoms with Crippen LogP contribution in [0.3, 0.4) is 0 Å². The third-order valence-corrected chi connectivity index (χ3v) is 6.39. The smallest absolute Gasteiger partial charge is 0.292 e. The number of nitrogens with zero attached hydrogens (tertiary/aromatic N) is 3. The van der Waals surface area contributed by atoms with Crippen molar-refractivity contribution in [1.29, 1.82) is 0 Å². The number of aromatic amines is 1. The van der Waals surface area contributed by atoms with Gasteiger partial charge in [0.25, 0.3) is 17.6 Å². The molecule has 3 aromatic rings. The Bertz CT molecular complexity index is 1270. The van der Waals surface area contributed by atoms with Crippen LogP contribution in [0.15, 0.2) is 36.5 Å². The normalized spacial score (nSPS) is 18.5. The molecule has 2 amide bonds. The molecule has 35 heavy (non-hydrogen) atoms. The molecular weight excluding hydrogens is 453 g/mol. The van der Waals surface area contributed by atoms with E-state index in [1.807, 2.05) is 13.8 Å². The maximum atomic E-state index is 13.6. The van der Waals surface area contributed by atoms with Gasteiger partial charge < -0.3 is 19.9 Å². The molecule has 0 saturated carbocycles. The Balaban J connectivity index is 1.60. The Labute approximate surface area is 202 Å². The molecule has 0 aliphatic carbocycles. The van der Waals surface area contributed by atoms with E-state index in [-0.39, 0.29) is 46.3 Å². The van der Waals surface area contributed by atoms with Gasteiger partial charge in [-0.2, -0.15) is 0 Å². The van der Waals surface area contributed by atoms with E-state index in [0.717, 1.165) is 5.56 Å². The standard InChI is InChI=1S/C25H28FN5O4/c1-14-12-31(15(2)11-30(14)13-16-5-7-17(26)8-6-16)25(34)22-20(35-4)9-19-21(29-22)18(10-28-19)23(32)24(33)27-3/h5-10,14-15,28H,11-13H2,1-4H3,(H,27,33)/t14-,15+/m0/s1. The maximum absolute atomic E-state index is 13.6. The second-order valence-electron chi connectivity index (χ2n) is 8.76. The van der Waals surface area contributed by atoms with Crippen LogP contribution in [0, 0.1) is 5.82 Å². The number of rotatable bonds is 6. The summed E-state index contributed by atoms with van der Waals surface area (Å²) in [5.41, 5.74) is 1.88. The molecule has 3 heterocycles. The largest absolute Gasteiger partial charge is 0.494 e. The topological polar surface area (TPSA) is 108 Å². The zero-order chi connectivity index (χ0) is 25.3. The van der Waals surface area contributed by atoms with Crippen molar-refractivity contribution in [3.8, 4) is 5.75 Å². The number of fused-ring (bicyclic) bond motifs is 1. The van der Waals surface area contributed by atoms with E-state index in [0.29, 0.717) is 25.2 Å². The predicted octanol–water partition coefficient (Wildman–Crippen LogP) is 2.37. The van der Waals surface area contributed by atoms with E-state index in [9.17, 15) is 18.8 Å². The first-order valence-electron chi connectivity index (χ1n) is 11.4. The average molecular weight is 482 g/mol. The molecule has 1 saturated heterocycles. The first-order chi connectivity index (χ1) is 16.7. The van der Waals surface area contributed by atoms with Crippen LogP contribution < -0.4 is 10.1 Å². The fourth-order valence-electron chi connectivity index (χ4n) is 4.41. The van der Waals surface area contributed by atoms with Crippen molar-refractivity contribution in [2.75, 3.05) is 27.2 Å². The van der Waals surface area contributed by atoms with Gasteiger partial charge in [0.1, 0.15) is 11.3 Å². The molecule has 4 rings (SSSR count). The summed E-state index contributed by atoms with van der Waals surface area (Å²) in [6.45, 7) is 5.73. The lowest BCUT2D eigenvalue weighted by Gasteiger charge is -2.44. The number of aromatic nitrogens is 2. The molecule has 2 aromatic heterocycles. The molecule has 9 nitrogen and oxygen atoms in total. The summed E-state index contributed by atoms with van der Waals surface area (Å²) in [5, 5.41) is 2.31. The van der Waals surface area contributed by atoms with Crippen molar-refractivity contribution in [3.05, 3.63) is 59.2 Å². The molecule has 10 heteroatoms. The summed E-state index contributed by atoms with van der Waals surface area (Å²) in [6.07, 6.45) is 1.40. The number of likely N-dealkylation sites (N-methyl/N-ethyl adjacent to an activating group) is 1. The SMILES string of the molecule is CNC(=O)C(=O)c1c[nH]c2cc(OC)c(C(=O)N3C[C@H](C)N(Cc4ccc(F)cc4)C[C@H]3C)nc12. The van der Waals surface area contributed by atoms with E-state index in [1.54, 1.807) is 23.1 Å². The highest BCUT2D eigenvalue weighted by atomic mass is 19.1. The summed E-state index contributed by atoms with van der Waals surface area (Å²) in [4.78, 5) is 49.4. The minimum Gasteiger partial charge on any atom is -0.494 e. The molecule has 1 fully saturated rings. The summed E-state index contributed by atoms with van der Waals surface area (Å²) in [7, 11) is 2.82. The van der Waals surface area contributed by atoms with E-state index in [1.165, 1.54) is 32.5 Å². The van der Waals surface area contributed by atoms with Gasteiger partial charge in [0.15, 0.2) is 11.4 Å². The lowest BCUT2D eigenvalue weighted by atomic mass is 10.1. The van der Waals surface area contributed by atoms with Gasteiger partial charge in [0.2, 0.25) is 0 Å². The average Bonchev–Trinajstić information content (AvgIpc) is 3.27. The number of Topliss-reactive ketones (excluding diaryl/α,β-unsaturated/α-hetero) is 1. The number of ketones is 1. The number of methoxy groups -OCH3 is 1. The number of nitrogens with one attached hydrogen (secondary N) is 2. The number of pyridine rings is 1. The van der Waals surface area contributed by atoms with Gasteiger partial charge in [-0.05, 0) is 31.5 Å². The molecular formula is C25H28FN5O4. The Hall–Kier alpha value is -3.79. The van der Waals surface area contributed by atoms with Crippen molar-refractivity contribution in [2.24, 2.45) is 0 Å². The Morgan fingerprint density at radius 1 is 1.17 bits per heavy atom. The van der Waals surface area contributed by atoms with Crippen molar-refractivity contribution < 1.29 is 23.5 Å². The van der Waals surface area contributed by atoms with Crippen LogP contribution in [0.2, 0.25) is 0 Å². The second kappa shape index (κ2) is 9.83. The number of hydrogen-bond donors (Lipinski definition) is 2. The summed E-state index contributed by atoms with van der Waals surface area (Å²) in [5.74, 6) is -1.82. The minimum atomic E-state index is -0.767. The number of hydrogen-bond acceptors (Lipinski definition) is 6. The van der Waals surface area contributed by atoms with Crippen LogP contribution >= 0.6 is 0 Å². The molecule has 0 radical (unpaired) electrons. The van der Waals surface area contributed by atoms with E-state index in [2.05, 4.69) is 20.2 Å². The molecule has 184 valence electrons. The second-order valence-corrected chi connectivity index (χ2v) is 8.76. The lowest BCUT2D eigenvalue weighted by Crippen LogP contribution is -2.57. The van der Waals surface area contributed by atoms with Crippen LogP contribution in [-0.4, -0.2) is 76.7 Å². The third kappa shape index (κ3) is 4.74. The van der Waals surface area contributed by atoms with Gasteiger partial charge in [-0.15, -0.1) is 0 Å². The number of ether oxygens (including phenoxy) is 1. The molecule has 1 aliphatic rings. The van der Waals surface area contributed by atoms with Crippen LogP contribution in [0.25, 0.3) is 11.0 Å². The molecule has 2 atom stereocenters. The van der Waals surface area contributed by atoms with Crippen LogP contribution in [-0.2, 0) is 11.3 Å². The number of carbonyl (C=O) groups excluding carboxylic acids is 3. The van der Waals surface area contributed by atoms with Crippen molar-refractivity contribution in [1.82, 2.24) is 25.1 Å². The molecule has 1 aromatic carbocycles. The summed E-state index contributed by atoms with van der Waals surface area (Å²) in [6, 6.07) is 7.95. The molecule has 0 bridgehead atoms. The highest BCUT2D eigenvalue weighted by Crippen LogP contribution is 2.28. The first kappa shape index (κ1) is 24.3. The number of benzene rings is 1. The Kier molecular flexibility index (Phi) is 6.83. The molecule has 0 spiro atoms.